The number of ether oxygens (including phenoxy) is 2. The molecule has 1 amide bonds. The van der Waals surface area contributed by atoms with Crippen LogP contribution in [0.2, 0.25) is 0 Å². The molecule has 0 spiro atoms. The molecule has 16 heteroatoms. The topological polar surface area (TPSA) is 117 Å². The van der Waals surface area contributed by atoms with Crippen molar-refractivity contribution in [3.8, 4) is 17.0 Å². The second kappa shape index (κ2) is 13.7. The summed E-state index contributed by atoms with van der Waals surface area (Å²) in [5, 5.41) is 16.4. The first-order chi connectivity index (χ1) is 23.2. The van der Waals surface area contributed by atoms with E-state index in [1.54, 1.807) is 53.2 Å². The number of nitrogens with one attached hydrogen (secondary N) is 2. The molecule has 1 aromatic carbocycles. The van der Waals surface area contributed by atoms with Crippen LogP contribution >= 0.6 is 11.8 Å². The molecule has 48 heavy (non-hydrogen) atoms. The number of alkyl halides is 2. The smallest absolute Gasteiger partial charge is 0.387 e. The van der Waals surface area contributed by atoms with E-state index in [0.717, 1.165) is 49.7 Å². The maximum Gasteiger partial charge on any atom is 0.387 e. The highest BCUT2D eigenvalue weighted by Gasteiger charge is 2.34. The van der Waals surface area contributed by atoms with E-state index >= 15 is 0 Å². The van der Waals surface area contributed by atoms with E-state index in [0.29, 0.717) is 41.2 Å². The molecule has 254 valence electrons. The Morgan fingerprint density at radius 1 is 1.21 bits per heavy atom. The molecule has 3 aliphatic rings. The van der Waals surface area contributed by atoms with Crippen LogP contribution in [-0.2, 0) is 11.3 Å². The number of hydrazine groups is 2. The molecule has 7 rings (SSSR count). The Kier molecular flexibility index (Phi) is 9.22. The fourth-order valence-electron chi connectivity index (χ4n) is 6.30. The molecule has 6 heterocycles. The van der Waals surface area contributed by atoms with Gasteiger partial charge in [-0.2, -0.15) is 19.0 Å². The van der Waals surface area contributed by atoms with E-state index in [1.165, 1.54) is 16.8 Å². The summed E-state index contributed by atoms with van der Waals surface area (Å²) in [5.41, 5.74) is 5.92. The number of likely N-dealkylation sites (tertiary alicyclic amines) is 1. The number of rotatable bonds is 11. The van der Waals surface area contributed by atoms with Gasteiger partial charge in [-0.05, 0) is 37.1 Å². The van der Waals surface area contributed by atoms with Gasteiger partial charge in [0.2, 0.25) is 0 Å². The van der Waals surface area contributed by atoms with E-state index in [2.05, 4.69) is 36.9 Å². The van der Waals surface area contributed by atoms with Crippen molar-refractivity contribution in [1.29, 1.82) is 0 Å². The molecule has 0 bridgehead atoms. The van der Waals surface area contributed by atoms with Crippen LogP contribution in [0.4, 0.5) is 14.5 Å². The predicted octanol–water partition coefficient (Wildman–Crippen LogP) is 4.32. The third-order valence-electron chi connectivity index (χ3n) is 8.61. The molecule has 3 aliphatic heterocycles. The van der Waals surface area contributed by atoms with Crippen LogP contribution in [0, 0.1) is 0 Å². The van der Waals surface area contributed by atoms with Crippen LogP contribution in [0.3, 0.4) is 0 Å². The minimum atomic E-state index is -3.04. The lowest BCUT2D eigenvalue weighted by atomic mass is 10.0. The van der Waals surface area contributed by atoms with Crippen LogP contribution in [0.25, 0.3) is 16.9 Å². The molecule has 2 N–H and O–H groups in total. The van der Waals surface area contributed by atoms with E-state index in [9.17, 15) is 13.6 Å². The SMILES string of the molecule is CC(C)Sc1ccc(OC(F)F)c(-c2nn(CC3=CN(C4CCN(C5COC5)CC4)N(C)N3)cc2NC(=O)c2cnn3cccnc23)c1. The van der Waals surface area contributed by atoms with Gasteiger partial charge in [-0.15, -0.1) is 16.9 Å². The zero-order valence-electron chi connectivity index (χ0n) is 26.9. The fraction of sp³-hybridized carbons (Fsp3) is 0.438. The molecule has 2 saturated heterocycles. The fourth-order valence-corrected chi connectivity index (χ4v) is 7.18. The van der Waals surface area contributed by atoms with Crippen LogP contribution in [0.1, 0.15) is 37.0 Å². The Labute approximate surface area is 280 Å². The molecule has 3 aromatic heterocycles. The van der Waals surface area contributed by atoms with Gasteiger partial charge >= 0.3 is 6.61 Å². The number of benzene rings is 1. The first kappa shape index (κ1) is 32.3. The van der Waals surface area contributed by atoms with Crippen molar-refractivity contribution in [3.63, 3.8) is 0 Å². The van der Waals surface area contributed by atoms with Crippen molar-refractivity contribution in [2.24, 2.45) is 0 Å². The number of thioether (sulfide) groups is 1. The molecule has 0 aliphatic carbocycles. The molecule has 0 unspecified atom stereocenters. The molecule has 13 nitrogen and oxygen atoms in total. The second-order valence-electron chi connectivity index (χ2n) is 12.3. The molecular weight excluding hydrogens is 642 g/mol. The molecular formula is C32H38F2N10O3S. The lowest BCUT2D eigenvalue weighted by Gasteiger charge is -2.44. The molecule has 0 saturated carbocycles. The summed E-state index contributed by atoms with van der Waals surface area (Å²) in [6.07, 6.45) is 10.6. The number of carbonyl (C=O) groups excluding carboxylic acids is 1. The van der Waals surface area contributed by atoms with E-state index in [-0.39, 0.29) is 16.6 Å². The Balaban J connectivity index is 1.18. The van der Waals surface area contributed by atoms with Gasteiger partial charge in [-0.3, -0.25) is 19.4 Å². The molecule has 4 aromatic rings. The Morgan fingerprint density at radius 2 is 2.02 bits per heavy atom. The number of carbonyl (C=O) groups is 1. The summed E-state index contributed by atoms with van der Waals surface area (Å²) < 4.78 is 40.7. The third-order valence-corrected chi connectivity index (χ3v) is 9.61. The van der Waals surface area contributed by atoms with Gasteiger partial charge in [0.1, 0.15) is 17.0 Å². The van der Waals surface area contributed by atoms with E-state index in [1.807, 2.05) is 26.0 Å². The highest BCUT2D eigenvalue weighted by Crippen LogP contribution is 2.39. The van der Waals surface area contributed by atoms with Crippen molar-refractivity contribution in [2.45, 2.75) is 62.1 Å². The zero-order chi connectivity index (χ0) is 33.4. The van der Waals surface area contributed by atoms with Gasteiger partial charge in [-0.1, -0.05) is 13.8 Å². The Hall–Kier alpha value is -4.25. The van der Waals surface area contributed by atoms with Crippen LogP contribution < -0.4 is 15.5 Å². The number of piperidine rings is 1. The van der Waals surface area contributed by atoms with Crippen LogP contribution in [-0.4, -0.2) is 103 Å². The monoisotopic (exact) mass is 680 g/mol. The maximum absolute atomic E-state index is 13.6. The number of anilines is 1. The predicted molar refractivity (Wildman–Crippen MR) is 176 cm³/mol. The number of halogens is 2. The van der Waals surface area contributed by atoms with Gasteiger partial charge in [0.05, 0.1) is 43.4 Å². The normalized spacial score (nSPS) is 18.1. The number of amides is 1. The van der Waals surface area contributed by atoms with Gasteiger partial charge in [-0.25, -0.2) is 9.50 Å². The lowest BCUT2D eigenvalue weighted by molar-refractivity contribution is -0.0867. The summed E-state index contributed by atoms with van der Waals surface area (Å²) in [4.78, 5) is 21.3. The molecule has 0 atom stereocenters. The quantitative estimate of drug-likeness (QED) is 0.221. The lowest BCUT2D eigenvalue weighted by Crippen LogP contribution is -2.55. The Bertz CT molecular complexity index is 1800. The number of nitrogens with zero attached hydrogens (tertiary/aromatic N) is 8. The first-order valence-corrected chi connectivity index (χ1v) is 16.8. The molecule has 0 radical (unpaired) electrons. The van der Waals surface area contributed by atoms with E-state index in [4.69, 9.17) is 14.6 Å². The number of allylic oxidation sites excluding steroid dienone is 1. The summed E-state index contributed by atoms with van der Waals surface area (Å²) in [6.45, 7) is 5.09. The van der Waals surface area contributed by atoms with E-state index < -0.39 is 12.5 Å². The average molecular weight is 681 g/mol. The van der Waals surface area contributed by atoms with Gasteiger partial charge in [0, 0.05) is 66.7 Å². The van der Waals surface area contributed by atoms with Crippen molar-refractivity contribution >= 4 is 29.0 Å². The van der Waals surface area contributed by atoms with Gasteiger partial charge in [0.15, 0.2) is 5.65 Å². The minimum absolute atomic E-state index is 0.0413. The van der Waals surface area contributed by atoms with Crippen LogP contribution in [0.5, 0.6) is 5.75 Å². The first-order valence-electron chi connectivity index (χ1n) is 16.0. The molecule has 2 fully saturated rings. The number of aromatic nitrogens is 5. The summed E-state index contributed by atoms with van der Waals surface area (Å²) in [6, 6.07) is 7.63. The maximum atomic E-state index is 13.6. The number of fused-ring (bicyclic) bond motifs is 1. The van der Waals surface area contributed by atoms with Crippen molar-refractivity contribution in [2.75, 3.05) is 38.7 Å². The van der Waals surface area contributed by atoms with Gasteiger partial charge in [0.25, 0.3) is 5.91 Å². The van der Waals surface area contributed by atoms with Crippen molar-refractivity contribution < 1.29 is 23.0 Å². The van der Waals surface area contributed by atoms with Crippen molar-refractivity contribution in [3.05, 3.63) is 66.5 Å². The highest BCUT2D eigenvalue weighted by atomic mass is 32.2. The number of hydrogen-bond acceptors (Lipinski definition) is 11. The van der Waals surface area contributed by atoms with Gasteiger partial charge < -0.3 is 20.2 Å². The Morgan fingerprint density at radius 3 is 2.75 bits per heavy atom. The van der Waals surface area contributed by atoms with Crippen molar-refractivity contribution in [1.82, 2.24) is 44.8 Å². The summed E-state index contributed by atoms with van der Waals surface area (Å²) in [7, 11) is 1.98. The third kappa shape index (κ3) is 6.83. The highest BCUT2D eigenvalue weighted by molar-refractivity contribution is 7.99. The zero-order valence-corrected chi connectivity index (χ0v) is 27.7. The average Bonchev–Trinajstić information content (AvgIpc) is 3.73. The standard InChI is InChI=1S/C32H38F2N10O3S/c1-20(2)48-24-5-6-28(47-32(33)34)25(13-24)29-27(37-31(45)26-14-36-43-10-4-9-35-30(26)43)17-42(39-29)15-21-16-44(40(3)38-21)22-7-11-41(12-8-22)23-18-46-19-23/h4-6,9-10,13-14,16-17,20,22-23,32,38H,7-8,11-12,15,18-19H2,1-3H3,(H,37,45). The number of hydrogen-bond donors (Lipinski definition) is 2. The second-order valence-corrected chi connectivity index (χ2v) is 14.0. The summed E-state index contributed by atoms with van der Waals surface area (Å²) in [5.74, 6) is -0.502. The summed E-state index contributed by atoms with van der Waals surface area (Å²) >= 11 is 1.58. The minimum Gasteiger partial charge on any atom is -0.434 e. The largest absolute Gasteiger partial charge is 0.434 e. The van der Waals surface area contributed by atoms with Crippen LogP contribution in [0.15, 0.2) is 65.8 Å².